The van der Waals surface area contributed by atoms with Crippen molar-refractivity contribution in [3.05, 3.63) is 69.9 Å². The second kappa shape index (κ2) is 6.06. The minimum Gasteiger partial charge on any atom is -0.310 e. The van der Waals surface area contributed by atoms with Crippen LogP contribution in [0.1, 0.15) is 29.9 Å². The summed E-state index contributed by atoms with van der Waals surface area (Å²) in [6.07, 6.45) is 2.28. The van der Waals surface area contributed by atoms with Gasteiger partial charge >= 0.3 is 0 Å². The van der Waals surface area contributed by atoms with Crippen LogP contribution in [0.25, 0.3) is 0 Å². The zero-order chi connectivity index (χ0) is 13.9. The van der Waals surface area contributed by atoms with Crippen LogP contribution in [0.15, 0.2) is 53.0 Å². The van der Waals surface area contributed by atoms with Crippen LogP contribution in [0.4, 0.5) is 4.39 Å². The fourth-order valence-electron chi connectivity index (χ4n) is 2.71. The molecule has 20 heavy (non-hydrogen) atoms. The van der Waals surface area contributed by atoms with Crippen molar-refractivity contribution in [2.75, 3.05) is 0 Å². The molecule has 1 nitrogen and oxygen atoms in total. The van der Waals surface area contributed by atoms with Gasteiger partial charge in [0.2, 0.25) is 0 Å². The average molecular weight is 334 g/mol. The second-order valence-corrected chi connectivity index (χ2v) is 6.31. The Kier molecular flexibility index (Phi) is 4.18. The highest BCUT2D eigenvalue weighted by atomic mass is 79.9. The number of halogens is 2. The van der Waals surface area contributed by atoms with Gasteiger partial charge in [0.25, 0.3) is 0 Å². The third-order valence-corrected chi connectivity index (χ3v) is 4.49. The van der Waals surface area contributed by atoms with E-state index in [1.807, 2.05) is 12.1 Å². The maximum atomic E-state index is 13.6. The molecule has 1 fully saturated rings. The van der Waals surface area contributed by atoms with Crippen LogP contribution in [0, 0.1) is 5.82 Å². The van der Waals surface area contributed by atoms with E-state index in [1.165, 1.54) is 11.6 Å². The van der Waals surface area contributed by atoms with Crippen molar-refractivity contribution in [2.45, 2.75) is 31.3 Å². The van der Waals surface area contributed by atoms with Gasteiger partial charge in [0.05, 0.1) is 0 Å². The van der Waals surface area contributed by atoms with Crippen LogP contribution in [0.5, 0.6) is 0 Å². The standard InChI is InChI=1S/C17H17BrFN/c18-15-6-7-17(19)14(8-15)11-20-16-9-13(10-16)12-4-2-1-3-5-12/h1-8,13,16,20H,9-11H2. The van der Waals surface area contributed by atoms with Gasteiger partial charge in [-0.15, -0.1) is 0 Å². The lowest BCUT2D eigenvalue weighted by molar-refractivity contribution is 0.288. The molecule has 1 saturated carbocycles. The number of nitrogens with one attached hydrogen (secondary N) is 1. The van der Waals surface area contributed by atoms with Crippen molar-refractivity contribution in [3.63, 3.8) is 0 Å². The summed E-state index contributed by atoms with van der Waals surface area (Å²) in [6.45, 7) is 0.595. The predicted octanol–water partition coefficient (Wildman–Crippen LogP) is 4.62. The smallest absolute Gasteiger partial charge is 0.127 e. The third kappa shape index (κ3) is 3.10. The predicted molar refractivity (Wildman–Crippen MR) is 83.1 cm³/mol. The molecule has 3 rings (SSSR count). The Morgan fingerprint density at radius 1 is 1.10 bits per heavy atom. The van der Waals surface area contributed by atoms with Crippen LogP contribution >= 0.6 is 15.9 Å². The third-order valence-electron chi connectivity index (χ3n) is 4.00. The summed E-state index contributed by atoms with van der Waals surface area (Å²) in [5, 5.41) is 3.44. The Hall–Kier alpha value is -1.19. The largest absolute Gasteiger partial charge is 0.310 e. The molecule has 1 N–H and O–H groups in total. The summed E-state index contributed by atoms with van der Waals surface area (Å²) in [5.74, 6) is 0.515. The molecule has 0 aliphatic heterocycles. The maximum absolute atomic E-state index is 13.6. The first-order chi connectivity index (χ1) is 9.72. The molecule has 104 valence electrons. The number of benzene rings is 2. The van der Waals surface area contributed by atoms with Gasteiger partial charge in [-0.25, -0.2) is 4.39 Å². The van der Waals surface area contributed by atoms with E-state index in [2.05, 4.69) is 45.5 Å². The van der Waals surface area contributed by atoms with E-state index in [1.54, 1.807) is 6.07 Å². The minimum atomic E-state index is -0.139. The van der Waals surface area contributed by atoms with Crippen LogP contribution in [-0.2, 0) is 6.54 Å². The van der Waals surface area contributed by atoms with Gasteiger partial charge in [-0.3, -0.25) is 0 Å². The van der Waals surface area contributed by atoms with Gasteiger partial charge in [0.1, 0.15) is 5.82 Å². The molecule has 0 unspecified atom stereocenters. The molecule has 2 aromatic carbocycles. The Morgan fingerprint density at radius 3 is 2.60 bits per heavy atom. The zero-order valence-corrected chi connectivity index (χ0v) is 12.7. The molecule has 0 aromatic heterocycles. The van der Waals surface area contributed by atoms with Crippen LogP contribution in [0.3, 0.4) is 0 Å². The lowest BCUT2D eigenvalue weighted by Crippen LogP contribution is -2.39. The maximum Gasteiger partial charge on any atom is 0.127 e. The summed E-state index contributed by atoms with van der Waals surface area (Å²) in [4.78, 5) is 0. The van der Waals surface area contributed by atoms with Crippen molar-refractivity contribution in [1.29, 1.82) is 0 Å². The van der Waals surface area contributed by atoms with E-state index in [0.717, 1.165) is 22.9 Å². The normalized spacial score (nSPS) is 21.5. The molecule has 0 atom stereocenters. The van der Waals surface area contributed by atoms with Crippen molar-refractivity contribution in [2.24, 2.45) is 0 Å². The van der Waals surface area contributed by atoms with Gasteiger partial charge in [-0.1, -0.05) is 46.3 Å². The van der Waals surface area contributed by atoms with E-state index in [0.29, 0.717) is 18.5 Å². The van der Waals surface area contributed by atoms with Crippen LogP contribution in [0.2, 0.25) is 0 Å². The molecule has 0 saturated heterocycles. The van der Waals surface area contributed by atoms with Crippen LogP contribution < -0.4 is 5.32 Å². The van der Waals surface area contributed by atoms with E-state index in [9.17, 15) is 4.39 Å². The fourth-order valence-corrected chi connectivity index (χ4v) is 3.12. The SMILES string of the molecule is Fc1ccc(Br)cc1CNC1CC(c2ccccc2)C1. The Bertz CT molecular complexity index is 579. The van der Waals surface area contributed by atoms with Crippen molar-refractivity contribution in [1.82, 2.24) is 5.32 Å². The summed E-state index contributed by atoms with van der Waals surface area (Å²) in [7, 11) is 0. The van der Waals surface area contributed by atoms with Gasteiger partial charge in [-0.2, -0.15) is 0 Å². The quantitative estimate of drug-likeness (QED) is 0.860. The van der Waals surface area contributed by atoms with Gasteiger partial charge in [-0.05, 0) is 42.5 Å². The molecular formula is C17H17BrFN. The molecule has 3 heteroatoms. The molecule has 1 aliphatic carbocycles. The van der Waals surface area contributed by atoms with E-state index >= 15 is 0 Å². The lowest BCUT2D eigenvalue weighted by Gasteiger charge is -2.36. The summed E-state index contributed by atoms with van der Waals surface area (Å²) < 4.78 is 14.5. The van der Waals surface area contributed by atoms with Gasteiger partial charge in [0.15, 0.2) is 0 Å². The van der Waals surface area contributed by atoms with E-state index in [4.69, 9.17) is 0 Å². The van der Waals surface area contributed by atoms with Gasteiger partial charge < -0.3 is 5.32 Å². The monoisotopic (exact) mass is 333 g/mol. The summed E-state index contributed by atoms with van der Waals surface area (Å²) in [6, 6.07) is 16.2. The van der Waals surface area contributed by atoms with E-state index < -0.39 is 0 Å². The summed E-state index contributed by atoms with van der Waals surface area (Å²) in [5.41, 5.74) is 2.14. The molecular weight excluding hydrogens is 317 g/mol. The zero-order valence-electron chi connectivity index (χ0n) is 11.2. The minimum absolute atomic E-state index is 0.139. The Morgan fingerprint density at radius 2 is 1.85 bits per heavy atom. The molecule has 0 heterocycles. The number of hydrogen-bond acceptors (Lipinski definition) is 1. The molecule has 0 radical (unpaired) electrons. The van der Waals surface area contributed by atoms with Crippen molar-refractivity contribution in [3.8, 4) is 0 Å². The molecule has 0 amide bonds. The highest BCUT2D eigenvalue weighted by Crippen LogP contribution is 2.36. The fraction of sp³-hybridized carbons (Fsp3) is 0.294. The Balaban J connectivity index is 1.51. The number of hydrogen-bond donors (Lipinski definition) is 1. The number of rotatable bonds is 4. The molecule has 0 spiro atoms. The van der Waals surface area contributed by atoms with Crippen molar-refractivity contribution < 1.29 is 4.39 Å². The first-order valence-corrected chi connectivity index (χ1v) is 7.74. The van der Waals surface area contributed by atoms with Gasteiger partial charge in [0, 0.05) is 22.6 Å². The first kappa shape index (κ1) is 13.8. The lowest BCUT2D eigenvalue weighted by atomic mass is 9.76. The highest BCUT2D eigenvalue weighted by Gasteiger charge is 2.29. The average Bonchev–Trinajstić information content (AvgIpc) is 2.42. The summed E-state index contributed by atoms with van der Waals surface area (Å²) >= 11 is 3.38. The van der Waals surface area contributed by atoms with E-state index in [-0.39, 0.29) is 5.82 Å². The molecule has 1 aliphatic rings. The second-order valence-electron chi connectivity index (χ2n) is 5.39. The van der Waals surface area contributed by atoms with Crippen molar-refractivity contribution >= 4 is 15.9 Å². The molecule has 0 bridgehead atoms. The Labute approximate surface area is 127 Å². The van der Waals surface area contributed by atoms with Crippen LogP contribution in [-0.4, -0.2) is 6.04 Å². The highest BCUT2D eigenvalue weighted by molar-refractivity contribution is 9.10. The first-order valence-electron chi connectivity index (χ1n) is 6.94. The molecule has 2 aromatic rings. The topological polar surface area (TPSA) is 12.0 Å².